The van der Waals surface area contributed by atoms with Crippen molar-refractivity contribution < 1.29 is 9.90 Å². The summed E-state index contributed by atoms with van der Waals surface area (Å²) in [6.07, 6.45) is 5.87. The zero-order valence-electron chi connectivity index (χ0n) is 9.60. The molecule has 0 radical (unpaired) electrons. The van der Waals surface area contributed by atoms with Gasteiger partial charge < -0.3 is 9.67 Å². The molecule has 0 bridgehead atoms. The van der Waals surface area contributed by atoms with Gasteiger partial charge in [-0.1, -0.05) is 18.6 Å². The highest BCUT2D eigenvalue weighted by atomic mass is 16.4. The third-order valence-corrected chi connectivity index (χ3v) is 3.70. The maximum absolute atomic E-state index is 11.2. The first-order valence-electron chi connectivity index (χ1n) is 6.07. The predicted molar refractivity (Wildman–Crippen MR) is 66.2 cm³/mol. The lowest BCUT2D eigenvalue weighted by molar-refractivity contribution is 0.0698. The SMILES string of the molecule is O=C(O)c1cccc2ccn(CC3CCC3)c12. The molecule has 3 nitrogen and oxygen atoms in total. The zero-order chi connectivity index (χ0) is 11.8. The third kappa shape index (κ3) is 1.71. The highest BCUT2D eigenvalue weighted by Crippen LogP contribution is 2.30. The van der Waals surface area contributed by atoms with Gasteiger partial charge in [0.1, 0.15) is 0 Å². The summed E-state index contributed by atoms with van der Waals surface area (Å²) in [5, 5.41) is 10.2. The molecule has 88 valence electrons. The highest BCUT2D eigenvalue weighted by molar-refractivity contribution is 6.02. The van der Waals surface area contributed by atoms with Gasteiger partial charge in [-0.3, -0.25) is 0 Å². The first kappa shape index (κ1) is 10.4. The minimum atomic E-state index is -0.843. The monoisotopic (exact) mass is 229 g/mol. The molecule has 1 heterocycles. The van der Waals surface area contributed by atoms with Crippen LogP contribution < -0.4 is 0 Å². The minimum absolute atomic E-state index is 0.409. The first-order chi connectivity index (χ1) is 8.25. The van der Waals surface area contributed by atoms with Crippen LogP contribution >= 0.6 is 0 Å². The molecule has 3 heteroatoms. The second kappa shape index (κ2) is 3.91. The Hall–Kier alpha value is -1.77. The summed E-state index contributed by atoms with van der Waals surface area (Å²) >= 11 is 0. The van der Waals surface area contributed by atoms with Gasteiger partial charge in [0, 0.05) is 18.1 Å². The molecule has 0 unspecified atom stereocenters. The summed E-state index contributed by atoms with van der Waals surface area (Å²) in [6, 6.07) is 7.46. The van der Waals surface area contributed by atoms with E-state index in [0.717, 1.165) is 23.4 Å². The number of rotatable bonds is 3. The van der Waals surface area contributed by atoms with Crippen LogP contribution in [0, 0.1) is 5.92 Å². The topological polar surface area (TPSA) is 42.2 Å². The van der Waals surface area contributed by atoms with Crippen LogP contribution in [0.3, 0.4) is 0 Å². The Morgan fingerprint density at radius 1 is 1.35 bits per heavy atom. The molecule has 1 N–H and O–H groups in total. The highest BCUT2D eigenvalue weighted by Gasteiger charge is 2.20. The predicted octanol–water partition coefficient (Wildman–Crippen LogP) is 3.14. The zero-order valence-corrected chi connectivity index (χ0v) is 9.60. The van der Waals surface area contributed by atoms with E-state index in [0.29, 0.717) is 5.56 Å². The average Bonchev–Trinajstić information content (AvgIpc) is 2.66. The number of carboxylic acids is 1. The Labute approximate surface area is 99.7 Å². The third-order valence-electron chi connectivity index (χ3n) is 3.70. The van der Waals surface area contributed by atoms with Crippen molar-refractivity contribution in [3.8, 4) is 0 Å². The fourth-order valence-corrected chi connectivity index (χ4v) is 2.54. The summed E-state index contributed by atoms with van der Waals surface area (Å²) < 4.78 is 2.10. The fourth-order valence-electron chi connectivity index (χ4n) is 2.54. The average molecular weight is 229 g/mol. The van der Waals surface area contributed by atoms with Crippen LogP contribution in [0.2, 0.25) is 0 Å². The van der Waals surface area contributed by atoms with E-state index in [9.17, 15) is 9.90 Å². The van der Waals surface area contributed by atoms with E-state index >= 15 is 0 Å². The van der Waals surface area contributed by atoms with Gasteiger partial charge in [0.05, 0.1) is 11.1 Å². The summed E-state index contributed by atoms with van der Waals surface area (Å²) in [5.41, 5.74) is 1.28. The number of benzene rings is 1. The van der Waals surface area contributed by atoms with Crippen molar-refractivity contribution >= 4 is 16.9 Å². The van der Waals surface area contributed by atoms with Crippen LogP contribution in [0.1, 0.15) is 29.6 Å². The quantitative estimate of drug-likeness (QED) is 0.878. The molecule has 17 heavy (non-hydrogen) atoms. The van der Waals surface area contributed by atoms with Crippen molar-refractivity contribution in [2.45, 2.75) is 25.8 Å². The van der Waals surface area contributed by atoms with Crippen LogP contribution in [-0.2, 0) is 6.54 Å². The molecule has 1 aliphatic carbocycles. The molecule has 0 amide bonds. The van der Waals surface area contributed by atoms with E-state index in [-0.39, 0.29) is 0 Å². The van der Waals surface area contributed by atoms with Crippen molar-refractivity contribution in [1.29, 1.82) is 0 Å². The van der Waals surface area contributed by atoms with Gasteiger partial charge in [0.25, 0.3) is 0 Å². The number of carboxylic acid groups (broad SMARTS) is 1. The molecule has 1 aliphatic rings. The first-order valence-corrected chi connectivity index (χ1v) is 6.07. The molecule has 0 atom stereocenters. The summed E-state index contributed by atoms with van der Waals surface area (Å²) in [7, 11) is 0. The standard InChI is InChI=1S/C14H15NO2/c16-14(17)12-6-2-5-11-7-8-15(13(11)12)9-10-3-1-4-10/h2,5-8,10H,1,3-4,9H2,(H,16,17). The Bertz CT molecular complexity index is 567. The van der Waals surface area contributed by atoms with Crippen LogP contribution in [0.15, 0.2) is 30.5 Å². The molecule has 0 aliphatic heterocycles. The lowest BCUT2D eigenvalue weighted by Gasteiger charge is -2.26. The number of aromatic carboxylic acids is 1. The smallest absolute Gasteiger partial charge is 0.337 e. The normalized spacial score (nSPS) is 16.0. The second-order valence-corrected chi connectivity index (χ2v) is 4.81. The van der Waals surface area contributed by atoms with Gasteiger partial charge >= 0.3 is 5.97 Å². The number of aromatic nitrogens is 1. The van der Waals surface area contributed by atoms with Gasteiger partial charge in [-0.05, 0) is 30.9 Å². The molecule has 0 spiro atoms. The van der Waals surface area contributed by atoms with Gasteiger partial charge in [-0.15, -0.1) is 0 Å². The van der Waals surface area contributed by atoms with E-state index < -0.39 is 5.97 Å². The lowest BCUT2D eigenvalue weighted by atomic mass is 9.85. The summed E-state index contributed by atoms with van der Waals surface area (Å²) in [6.45, 7) is 0.952. The largest absolute Gasteiger partial charge is 0.478 e. The van der Waals surface area contributed by atoms with E-state index in [2.05, 4.69) is 4.57 Å². The van der Waals surface area contributed by atoms with E-state index in [4.69, 9.17) is 0 Å². The van der Waals surface area contributed by atoms with Crippen molar-refractivity contribution in [2.75, 3.05) is 0 Å². The number of hydrogen-bond donors (Lipinski definition) is 1. The molecule has 0 saturated heterocycles. The number of hydrogen-bond acceptors (Lipinski definition) is 1. The maximum atomic E-state index is 11.2. The maximum Gasteiger partial charge on any atom is 0.337 e. The van der Waals surface area contributed by atoms with E-state index in [1.165, 1.54) is 19.3 Å². The van der Waals surface area contributed by atoms with Crippen LogP contribution in [-0.4, -0.2) is 15.6 Å². The molecular weight excluding hydrogens is 214 g/mol. The summed E-state index contributed by atoms with van der Waals surface area (Å²) in [5.74, 6) is -0.114. The molecule has 3 rings (SSSR count). The van der Waals surface area contributed by atoms with Gasteiger partial charge in [-0.2, -0.15) is 0 Å². The van der Waals surface area contributed by atoms with E-state index in [1.807, 2.05) is 18.3 Å². The minimum Gasteiger partial charge on any atom is -0.478 e. The van der Waals surface area contributed by atoms with Gasteiger partial charge in [-0.25, -0.2) is 4.79 Å². The lowest BCUT2D eigenvalue weighted by Crippen LogP contribution is -2.18. The van der Waals surface area contributed by atoms with Crippen LogP contribution in [0.4, 0.5) is 0 Å². The summed E-state index contributed by atoms with van der Waals surface area (Å²) in [4.78, 5) is 11.2. The van der Waals surface area contributed by atoms with Crippen LogP contribution in [0.5, 0.6) is 0 Å². The molecular formula is C14H15NO2. The molecule has 1 saturated carbocycles. The van der Waals surface area contributed by atoms with Gasteiger partial charge in [0.2, 0.25) is 0 Å². The Morgan fingerprint density at radius 2 is 2.18 bits per heavy atom. The molecule has 1 fully saturated rings. The van der Waals surface area contributed by atoms with Crippen molar-refractivity contribution in [3.05, 3.63) is 36.0 Å². The van der Waals surface area contributed by atoms with Crippen molar-refractivity contribution in [3.63, 3.8) is 0 Å². The molecule has 1 aromatic heterocycles. The Kier molecular flexibility index (Phi) is 2.39. The number of nitrogens with zero attached hydrogens (tertiary/aromatic N) is 1. The Morgan fingerprint density at radius 3 is 2.82 bits per heavy atom. The van der Waals surface area contributed by atoms with E-state index in [1.54, 1.807) is 12.1 Å². The number of fused-ring (bicyclic) bond motifs is 1. The van der Waals surface area contributed by atoms with Crippen molar-refractivity contribution in [2.24, 2.45) is 5.92 Å². The van der Waals surface area contributed by atoms with Crippen LogP contribution in [0.25, 0.3) is 10.9 Å². The molecule has 2 aromatic rings. The number of carbonyl (C=O) groups is 1. The fraction of sp³-hybridized carbons (Fsp3) is 0.357. The Balaban J connectivity index is 2.08. The molecule has 1 aromatic carbocycles. The van der Waals surface area contributed by atoms with Gasteiger partial charge in [0.15, 0.2) is 0 Å². The second-order valence-electron chi connectivity index (χ2n) is 4.81. The number of para-hydroxylation sites is 1. The van der Waals surface area contributed by atoms with Crippen molar-refractivity contribution in [1.82, 2.24) is 4.57 Å².